The van der Waals surface area contributed by atoms with Gasteiger partial charge in [0.05, 0.1) is 0 Å². The van der Waals surface area contributed by atoms with Crippen LogP contribution in [0.25, 0.3) is 0 Å². The normalized spacial score (nSPS) is 13.7. The van der Waals surface area contributed by atoms with Gasteiger partial charge in [-0.25, -0.2) is 13.6 Å². The lowest BCUT2D eigenvalue weighted by atomic mass is 9.87. The van der Waals surface area contributed by atoms with Gasteiger partial charge in [0.25, 0.3) is 0 Å². The van der Waals surface area contributed by atoms with Crippen LogP contribution in [-0.4, -0.2) is 18.1 Å². The zero-order valence-electron chi connectivity index (χ0n) is 13.1. The minimum absolute atomic E-state index is 0.320. The van der Waals surface area contributed by atoms with Crippen molar-refractivity contribution in [2.24, 2.45) is 0 Å². The second kappa shape index (κ2) is 7.33. The zero-order chi connectivity index (χ0) is 17.0. The topological polar surface area (TPSA) is 53.9 Å². The lowest BCUT2D eigenvalue weighted by Gasteiger charge is -2.25. The van der Waals surface area contributed by atoms with E-state index in [2.05, 4.69) is 5.73 Å². The Labute approximate surface area is 134 Å². The molecule has 0 bridgehead atoms. The molecule has 2 atom stereocenters. The van der Waals surface area contributed by atoms with Gasteiger partial charge in [0.1, 0.15) is 17.7 Å². The summed E-state index contributed by atoms with van der Waals surface area (Å²) >= 11 is 0. The van der Waals surface area contributed by atoms with Gasteiger partial charge in [0, 0.05) is 5.92 Å². The first-order valence-electron chi connectivity index (χ1n) is 7.43. The van der Waals surface area contributed by atoms with Crippen LogP contribution in [0.4, 0.5) is 8.78 Å². The first kappa shape index (κ1) is 17.1. The SMILES string of the molecule is C[C@H]([NH3+])C(=O)O[C@@H](C)C(c1ccc(F)cc1)c1ccc(F)cc1. The van der Waals surface area contributed by atoms with Crippen molar-refractivity contribution >= 4 is 5.97 Å². The van der Waals surface area contributed by atoms with E-state index in [1.165, 1.54) is 24.3 Å². The standard InChI is InChI=1S/C18H19F2NO2/c1-11(21)18(22)23-12(2)17(13-3-7-15(19)8-4-13)14-5-9-16(20)10-6-14/h3-12,17H,21H2,1-2H3/p+1/t11-,12-/m0/s1. The maximum atomic E-state index is 13.2. The van der Waals surface area contributed by atoms with Crippen LogP contribution < -0.4 is 5.73 Å². The molecule has 0 aliphatic carbocycles. The van der Waals surface area contributed by atoms with Crippen LogP contribution in [0.15, 0.2) is 48.5 Å². The summed E-state index contributed by atoms with van der Waals surface area (Å²) in [6.07, 6.45) is -0.498. The quantitative estimate of drug-likeness (QED) is 0.861. The molecule has 0 aliphatic rings. The number of rotatable bonds is 5. The van der Waals surface area contributed by atoms with Crippen LogP contribution in [0, 0.1) is 11.6 Å². The van der Waals surface area contributed by atoms with Crippen LogP contribution in [0.2, 0.25) is 0 Å². The van der Waals surface area contributed by atoms with Crippen molar-refractivity contribution in [1.29, 1.82) is 0 Å². The maximum absolute atomic E-state index is 13.2. The number of carbonyl (C=O) groups is 1. The summed E-state index contributed by atoms with van der Waals surface area (Å²) < 4.78 is 31.8. The number of hydrogen-bond donors (Lipinski definition) is 1. The van der Waals surface area contributed by atoms with Crippen LogP contribution >= 0.6 is 0 Å². The van der Waals surface area contributed by atoms with Crippen molar-refractivity contribution in [3.05, 3.63) is 71.3 Å². The molecular formula is C18H20F2NO2+. The number of halogens is 2. The van der Waals surface area contributed by atoms with Crippen molar-refractivity contribution in [2.75, 3.05) is 0 Å². The van der Waals surface area contributed by atoms with E-state index in [0.717, 1.165) is 11.1 Å². The molecule has 0 heterocycles. The van der Waals surface area contributed by atoms with Gasteiger partial charge in [0.15, 0.2) is 6.04 Å². The lowest BCUT2D eigenvalue weighted by molar-refractivity contribution is -0.403. The average Bonchev–Trinajstić information content (AvgIpc) is 2.51. The van der Waals surface area contributed by atoms with Crippen LogP contribution in [-0.2, 0) is 9.53 Å². The lowest BCUT2D eigenvalue weighted by Crippen LogP contribution is -2.63. The molecule has 0 fully saturated rings. The summed E-state index contributed by atoms with van der Waals surface area (Å²) in [5.41, 5.74) is 5.22. The molecule has 3 N–H and O–H groups in total. The summed E-state index contributed by atoms with van der Waals surface area (Å²) in [7, 11) is 0. The monoisotopic (exact) mass is 320 g/mol. The minimum Gasteiger partial charge on any atom is -0.457 e. The highest BCUT2D eigenvalue weighted by Crippen LogP contribution is 2.30. The van der Waals surface area contributed by atoms with Gasteiger partial charge >= 0.3 is 5.97 Å². The molecule has 5 heteroatoms. The number of quaternary nitrogens is 1. The Balaban J connectivity index is 2.36. The van der Waals surface area contributed by atoms with E-state index < -0.39 is 18.1 Å². The smallest absolute Gasteiger partial charge is 0.364 e. The largest absolute Gasteiger partial charge is 0.457 e. The molecule has 122 valence electrons. The number of ether oxygens (including phenoxy) is 1. The number of carbonyl (C=O) groups excluding carboxylic acids is 1. The van der Waals surface area contributed by atoms with E-state index in [9.17, 15) is 13.6 Å². The molecule has 23 heavy (non-hydrogen) atoms. The highest BCUT2D eigenvalue weighted by Gasteiger charge is 2.26. The first-order chi connectivity index (χ1) is 10.9. The molecule has 2 aromatic carbocycles. The van der Waals surface area contributed by atoms with Crippen molar-refractivity contribution < 1.29 is 24.0 Å². The van der Waals surface area contributed by atoms with Gasteiger partial charge in [-0.15, -0.1) is 0 Å². The molecule has 0 aliphatic heterocycles. The number of hydrogen-bond acceptors (Lipinski definition) is 2. The van der Waals surface area contributed by atoms with Crippen molar-refractivity contribution in [1.82, 2.24) is 0 Å². The molecule has 0 aromatic heterocycles. The van der Waals surface area contributed by atoms with Gasteiger partial charge in [-0.1, -0.05) is 24.3 Å². The average molecular weight is 320 g/mol. The van der Waals surface area contributed by atoms with Gasteiger partial charge in [-0.05, 0) is 49.2 Å². The zero-order valence-corrected chi connectivity index (χ0v) is 13.1. The van der Waals surface area contributed by atoms with Gasteiger partial charge in [-0.3, -0.25) is 0 Å². The first-order valence-corrected chi connectivity index (χ1v) is 7.43. The fourth-order valence-electron chi connectivity index (χ4n) is 2.44. The second-order valence-electron chi connectivity index (χ2n) is 5.62. The molecule has 2 rings (SSSR count). The predicted octanol–water partition coefficient (Wildman–Crippen LogP) is 2.66. The summed E-state index contributed by atoms with van der Waals surface area (Å²) in [6.45, 7) is 3.41. The summed E-state index contributed by atoms with van der Waals surface area (Å²) in [5.74, 6) is -1.42. The Morgan fingerprint density at radius 3 is 1.65 bits per heavy atom. The van der Waals surface area contributed by atoms with E-state index in [-0.39, 0.29) is 17.6 Å². The third-order valence-electron chi connectivity index (χ3n) is 3.63. The Morgan fingerprint density at radius 2 is 1.30 bits per heavy atom. The van der Waals surface area contributed by atoms with E-state index in [1.54, 1.807) is 38.1 Å². The molecule has 0 unspecified atom stereocenters. The van der Waals surface area contributed by atoms with E-state index in [0.29, 0.717) is 0 Å². The number of benzene rings is 2. The summed E-state index contributed by atoms with van der Waals surface area (Å²) in [5, 5.41) is 0. The molecule has 0 saturated carbocycles. The molecule has 0 saturated heterocycles. The Morgan fingerprint density at radius 1 is 0.913 bits per heavy atom. The van der Waals surface area contributed by atoms with Crippen LogP contribution in [0.1, 0.15) is 30.9 Å². The molecule has 3 nitrogen and oxygen atoms in total. The second-order valence-corrected chi connectivity index (χ2v) is 5.62. The van der Waals surface area contributed by atoms with Crippen LogP contribution in [0.5, 0.6) is 0 Å². The van der Waals surface area contributed by atoms with Gasteiger partial charge in [0.2, 0.25) is 0 Å². The van der Waals surface area contributed by atoms with Gasteiger partial charge < -0.3 is 10.5 Å². The van der Waals surface area contributed by atoms with E-state index >= 15 is 0 Å². The van der Waals surface area contributed by atoms with Crippen LogP contribution in [0.3, 0.4) is 0 Å². The third-order valence-corrected chi connectivity index (χ3v) is 3.63. The van der Waals surface area contributed by atoms with E-state index in [1.807, 2.05) is 0 Å². The predicted molar refractivity (Wildman–Crippen MR) is 82.5 cm³/mol. The number of esters is 1. The van der Waals surface area contributed by atoms with Gasteiger partial charge in [-0.2, -0.15) is 0 Å². The summed E-state index contributed by atoms with van der Waals surface area (Å²) in [6, 6.07) is 11.5. The van der Waals surface area contributed by atoms with Crippen molar-refractivity contribution in [3.8, 4) is 0 Å². The Kier molecular flexibility index (Phi) is 5.45. The van der Waals surface area contributed by atoms with Crippen molar-refractivity contribution in [2.45, 2.75) is 31.9 Å². The third kappa shape index (κ3) is 4.36. The fourth-order valence-corrected chi connectivity index (χ4v) is 2.44. The molecular weight excluding hydrogens is 300 g/mol. The Hall–Kier alpha value is -2.27. The summed E-state index contributed by atoms with van der Waals surface area (Å²) in [4.78, 5) is 11.8. The maximum Gasteiger partial charge on any atom is 0.364 e. The highest BCUT2D eigenvalue weighted by molar-refractivity contribution is 5.73. The van der Waals surface area contributed by atoms with Crippen molar-refractivity contribution in [3.63, 3.8) is 0 Å². The highest BCUT2D eigenvalue weighted by atomic mass is 19.1. The molecule has 2 aromatic rings. The minimum atomic E-state index is -0.498. The molecule has 0 spiro atoms. The van der Waals surface area contributed by atoms with E-state index in [4.69, 9.17) is 4.74 Å². The molecule has 0 amide bonds. The molecule has 0 radical (unpaired) electrons. The fraction of sp³-hybridized carbons (Fsp3) is 0.278. The Bertz CT molecular complexity index is 608.